The quantitative estimate of drug-likeness (QED) is 0.906. The normalized spacial score (nSPS) is 21.6. The Morgan fingerprint density at radius 1 is 1.30 bits per heavy atom. The fourth-order valence-electron chi connectivity index (χ4n) is 2.51. The van der Waals surface area contributed by atoms with Gasteiger partial charge in [0.2, 0.25) is 10.0 Å². The standard InChI is InChI=1S/C15H24N2O2S/c1-2-3-12-20(18,19)17-11-7-10-16-15(13-17)14-8-5-4-6-9-14/h4-6,8-9,15-16H,2-3,7,10-13H2,1H3. The third-order valence-electron chi connectivity index (χ3n) is 3.71. The molecule has 0 amide bonds. The van der Waals surface area contributed by atoms with E-state index in [0.717, 1.165) is 31.4 Å². The monoisotopic (exact) mass is 296 g/mol. The summed E-state index contributed by atoms with van der Waals surface area (Å²) in [7, 11) is -3.12. The number of hydrogen-bond acceptors (Lipinski definition) is 3. The summed E-state index contributed by atoms with van der Waals surface area (Å²) in [5, 5.41) is 3.45. The average molecular weight is 296 g/mol. The third kappa shape index (κ3) is 4.04. The van der Waals surface area contributed by atoms with Gasteiger partial charge in [-0.25, -0.2) is 8.42 Å². The second kappa shape index (κ2) is 7.20. The van der Waals surface area contributed by atoms with Crippen molar-refractivity contribution >= 4 is 10.0 Å². The van der Waals surface area contributed by atoms with Gasteiger partial charge in [0.1, 0.15) is 0 Å². The number of nitrogens with one attached hydrogen (secondary N) is 1. The number of rotatable bonds is 5. The van der Waals surface area contributed by atoms with E-state index in [-0.39, 0.29) is 11.8 Å². The molecule has 1 heterocycles. The summed E-state index contributed by atoms with van der Waals surface area (Å²) in [6, 6.07) is 10.2. The summed E-state index contributed by atoms with van der Waals surface area (Å²) in [5.74, 6) is 0.269. The molecular formula is C15H24N2O2S. The van der Waals surface area contributed by atoms with Crippen LogP contribution in [0.5, 0.6) is 0 Å². The molecule has 112 valence electrons. The Morgan fingerprint density at radius 3 is 2.75 bits per heavy atom. The SMILES string of the molecule is CCCCS(=O)(=O)N1CCCNC(c2ccccc2)C1. The summed E-state index contributed by atoms with van der Waals surface area (Å²) in [6.45, 7) is 4.05. The molecule has 5 heteroatoms. The lowest BCUT2D eigenvalue weighted by molar-refractivity contribution is 0.397. The lowest BCUT2D eigenvalue weighted by Crippen LogP contribution is -2.37. The van der Waals surface area contributed by atoms with E-state index in [2.05, 4.69) is 17.4 Å². The first-order chi connectivity index (χ1) is 9.63. The highest BCUT2D eigenvalue weighted by Gasteiger charge is 2.27. The highest BCUT2D eigenvalue weighted by Crippen LogP contribution is 2.19. The molecule has 0 aromatic heterocycles. The van der Waals surface area contributed by atoms with Gasteiger partial charge in [-0.1, -0.05) is 43.7 Å². The summed E-state index contributed by atoms with van der Waals surface area (Å²) in [6.07, 6.45) is 2.52. The minimum absolute atomic E-state index is 0.0927. The van der Waals surface area contributed by atoms with E-state index in [1.165, 1.54) is 0 Å². The van der Waals surface area contributed by atoms with Gasteiger partial charge in [0, 0.05) is 19.1 Å². The topological polar surface area (TPSA) is 49.4 Å². The van der Waals surface area contributed by atoms with Crippen LogP contribution in [0.25, 0.3) is 0 Å². The van der Waals surface area contributed by atoms with Crippen molar-refractivity contribution in [2.75, 3.05) is 25.4 Å². The van der Waals surface area contributed by atoms with E-state index in [9.17, 15) is 8.42 Å². The molecule has 2 rings (SSSR count). The van der Waals surface area contributed by atoms with E-state index in [0.29, 0.717) is 13.1 Å². The molecule has 1 aliphatic rings. The number of unbranched alkanes of at least 4 members (excludes halogenated alkanes) is 1. The van der Waals surface area contributed by atoms with Crippen LogP contribution in [0.2, 0.25) is 0 Å². The van der Waals surface area contributed by atoms with Crippen LogP contribution in [0.1, 0.15) is 37.8 Å². The molecule has 1 unspecified atom stereocenters. The highest BCUT2D eigenvalue weighted by molar-refractivity contribution is 7.89. The van der Waals surface area contributed by atoms with Crippen LogP contribution in [-0.2, 0) is 10.0 Å². The molecule has 0 bridgehead atoms. The van der Waals surface area contributed by atoms with E-state index < -0.39 is 10.0 Å². The second-order valence-corrected chi connectivity index (χ2v) is 7.39. The molecule has 0 saturated carbocycles. The Balaban J connectivity index is 2.11. The average Bonchev–Trinajstić information content (AvgIpc) is 2.73. The first-order valence-corrected chi connectivity index (χ1v) is 9.00. The Bertz CT molecular complexity index is 502. The summed E-state index contributed by atoms with van der Waals surface area (Å²) in [5.41, 5.74) is 1.16. The maximum absolute atomic E-state index is 12.4. The predicted molar refractivity (Wildman–Crippen MR) is 82.1 cm³/mol. The van der Waals surface area contributed by atoms with Crippen molar-refractivity contribution < 1.29 is 8.42 Å². The highest BCUT2D eigenvalue weighted by atomic mass is 32.2. The van der Waals surface area contributed by atoms with Gasteiger partial charge in [-0.05, 0) is 24.9 Å². The Kier molecular flexibility index (Phi) is 5.57. The Hall–Kier alpha value is -0.910. The molecule has 0 aliphatic carbocycles. The summed E-state index contributed by atoms with van der Waals surface area (Å²) < 4.78 is 26.4. The van der Waals surface area contributed by atoms with E-state index >= 15 is 0 Å². The zero-order valence-corrected chi connectivity index (χ0v) is 12.9. The number of benzene rings is 1. The Morgan fingerprint density at radius 2 is 2.05 bits per heavy atom. The Labute approximate surface area is 122 Å². The second-order valence-electron chi connectivity index (χ2n) is 5.30. The zero-order valence-electron chi connectivity index (χ0n) is 12.1. The minimum Gasteiger partial charge on any atom is -0.309 e. The molecule has 1 fully saturated rings. The molecule has 1 N–H and O–H groups in total. The summed E-state index contributed by atoms with van der Waals surface area (Å²) >= 11 is 0. The van der Waals surface area contributed by atoms with Crippen molar-refractivity contribution in [3.63, 3.8) is 0 Å². The van der Waals surface area contributed by atoms with Gasteiger partial charge in [0.25, 0.3) is 0 Å². The van der Waals surface area contributed by atoms with Gasteiger partial charge < -0.3 is 5.32 Å². The fraction of sp³-hybridized carbons (Fsp3) is 0.600. The maximum Gasteiger partial charge on any atom is 0.214 e. The molecule has 0 spiro atoms. The minimum atomic E-state index is -3.12. The number of sulfonamides is 1. The largest absolute Gasteiger partial charge is 0.309 e. The maximum atomic E-state index is 12.4. The first kappa shape index (κ1) is 15.5. The van der Waals surface area contributed by atoms with Gasteiger partial charge in [-0.15, -0.1) is 0 Å². The van der Waals surface area contributed by atoms with Crippen molar-refractivity contribution in [3.05, 3.63) is 35.9 Å². The van der Waals surface area contributed by atoms with Crippen molar-refractivity contribution in [2.45, 2.75) is 32.2 Å². The molecule has 1 aromatic rings. The van der Waals surface area contributed by atoms with Crippen LogP contribution < -0.4 is 5.32 Å². The van der Waals surface area contributed by atoms with Crippen LogP contribution >= 0.6 is 0 Å². The zero-order chi connectivity index (χ0) is 14.4. The fourth-order valence-corrected chi connectivity index (χ4v) is 4.20. The molecule has 1 aliphatic heterocycles. The molecule has 1 aromatic carbocycles. The van der Waals surface area contributed by atoms with Crippen LogP contribution in [0.15, 0.2) is 30.3 Å². The van der Waals surface area contributed by atoms with Crippen molar-refractivity contribution in [2.24, 2.45) is 0 Å². The van der Waals surface area contributed by atoms with Gasteiger partial charge in [-0.3, -0.25) is 0 Å². The van der Waals surface area contributed by atoms with Gasteiger partial charge in [-0.2, -0.15) is 4.31 Å². The number of hydrogen-bond donors (Lipinski definition) is 1. The van der Waals surface area contributed by atoms with Crippen molar-refractivity contribution in [1.29, 1.82) is 0 Å². The predicted octanol–water partition coefficient (Wildman–Crippen LogP) is 2.15. The molecule has 20 heavy (non-hydrogen) atoms. The molecule has 4 nitrogen and oxygen atoms in total. The van der Waals surface area contributed by atoms with Crippen molar-refractivity contribution in [3.8, 4) is 0 Å². The van der Waals surface area contributed by atoms with Gasteiger partial charge in [0.15, 0.2) is 0 Å². The smallest absolute Gasteiger partial charge is 0.214 e. The van der Waals surface area contributed by atoms with Crippen LogP contribution in [-0.4, -0.2) is 38.1 Å². The first-order valence-electron chi connectivity index (χ1n) is 7.39. The molecule has 1 saturated heterocycles. The lowest BCUT2D eigenvalue weighted by Gasteiger charge is -2.24. The van der Waals surface area contributed by atoms with E-state index in [1.54, 1.807) is 4.31 Å². The molecule has 1 atom stereocenters. The van der Waals surface area contributed by atoms with Gasteiger partial charge >= 0.3 is 0 Å². The van der Waals surface area contributed by atoms with Crippen LogP contribution in [0.4, 0.5) is 0 Å². The van der Waals surface area contributed by atoms with Crippen molar-refractivity contribution in [1.82, 2.24) is 9.62 Å². The number of nitrogens with zero attached hydrogens (tertiary/aromatic N) is 1. The van der Waals surface area contributed by atoms with Gasteiger partial charge in [0.05, 0.1) is 5.75 Å². The van der Waals surface area contributed by atoms with E-state index in [1.807, 2.05) is 25.1 Å². The third-order valence-corrected chi connectivity index (χ3v) is 5.64. The summed E-state index contributed by atoms with van der Waals surface area (Å²) in [4.78, 5) is 0. The van der Waals surface area contributed by atoms with Crippen LogP contribution in [0.3, 0.4) is 0 Å². The lowest BCUT2D eigenvalue weighted by atomic mass is 10.1. The molecular weight excluding hydrogens is 272 g/mol. The van der Waals surface area contributed by atoms with Crippen LogP contribution in [0, 0.1) is 0 Å². The molecule has 0 radical (unpaired) electrons. The van der Waals surface area contributed by atoms with E-state index in [4.69, 9.17) is 0 Å².